The van der Waals surface area contributed by atoms with E-state index in [0.29, 0.717) is 5.15 Å². The van der Waals surface area contributed by atoms with Crippen LogP contribution >= 0.6 is 56.8 Å². The molecule has 23 heteroatoms. The predicted molar refractivity (Wildman–Crippen MR) is 272 cm³/mol. The zero-order chi connectivity index (χ0) is 44.5. The van der Waals surface area contributed by atoms with Gasteiger partial charge in [0.2, 0.25) is 0 Å². The SMILES string of the molecule is Cc1cn(-c2ncnc3[nH]c(-c4ccc(N)cc4)cc23)cn1.Cc1cn(-c2ncnc3[nH]c(I)cc23)cn1.Cc1cnc[nH]1.Clc1ncnc2[nH]c(I)cc12.O.O.[B]c1ccc(N)cc1. The number of H-pyrrole nitrogens is 4. The van der Waals surface area contributed by atoms with Crippen molar-refractivity contribution in [1.29, 1.82) is 0 Å². The number of benzene rings is 2. The summed E-state index contributed by atoms with van der Waals surface area (Å²) in [6, 6.07) is 20.8. The van der Waals surface area contributed by atoms with Gasteiger partial charge in [-0.1, -0.05) is 41.3 Å². The van der Waals surface area contributed by atoms with E-state index < -0.39 is 0 Å². The topological polar surface area (TPSA) is 304 Å². The highest BCUT2D eigenvalue weighted by atomic mass is 127. The first-order valence-electron chi connectivity index (χ1n) is 18.8. The van der Waals surface area contributed by atoms with E-state index >= 15 is 0 Å². The molecule has 12 N–H and O–H groups in total. The van der Waals surface area contributed by atoms with Crippen LogP contribution in [0.15, 0.2) is 123 Å². The third-order valence-corrected chi connectivity index (χ3v) is 10.3. The number of aromatic nitrogens is 15. The van der Waals surface area contributed by atoms with Gasteiger partial charge in [0.15, 0.2) is 11.6 Å². The highest BCUT2D eigenvalue weighted by molar-refractivity contribution is 14.1. The molecular formula is C42H41BClI2N17O2. The van der Waals surface area contributed by atoms with E-state index in [1.165, 1.54) is 6.33 Å². The van der Waals surface area contributed by atoms with Crippen molar-refractivity contribution in [2.24, 2.45) is 0 Å². The summed E-state index contributed by atoms with van der Waals surface area (Å²) in [5, 5.41) is 3.32. The van der Waals surface area contributed by atoms with Crippen molar-refractivity contribution in [3.8, 4) is 22.9 Å². The number of fused-ring (bicyclic) bond motifs is 3. The van der Waals surface area contributed by atoms with Crippen LogP contribution in [0.5, 0.6) is 0 Å². The molecule has 0 unspecified atom stereocenters. The molecule has 19 nitrogen and oxygen atoms in total. The van der Waals surface area contributed by atoms with Crippen LogP contribution in [0.4, 0.5) is 11.4 Å². The van der Waals surface area contributed by atoms with Gasteiger partial charge in [0, 0.05) is 41.4 Å². The molecule has 0 amide bonds. The zero-order valence-corrected chi connectivity index (χ0v) is 39.9. The third-order valence-electron chi connectivity index (χ3n) is 8.83. The highest BCUT2D eigenvalue weighted by Crippen LogP contribution is 2.27. The van der Waals surface area contributed by atoms with Crippen LogP contribution in [-0.2, 0) is 0 Å². The Morgan fingerprint density at radius 3 is 1.52 bits per heavy atom. The molecule has 0 bridgehead atoms. The summed E-state index contributed by atoms with van der Waals surface area (Å²) in [6.07, 6.45) is 15.4. The molecule has 0 saturated carbocycles. The lowest BCUT2D eigenvalue weighted by Gasteiger charge is -2.00. The number of hydrogen-bond acceptors (Lipinski definition) is 11. The Hall–Kier alpha value is -6.74. The van der Waals surface area contributed by atoms with Gasteiger partial charge in [-0.3, -0.25) is 9.13 Å². The van der Waals surface area contributed by atoms with Crippen molar-refractivity contribution < 1.29 is 11.0 Å². The monoisotopic (exact) mass is 1120 g/mol. The van der Waals surface area contributed by atoms with Crippen molar-refractivity contribution >= 4 is 115 Å². The minimum Gasteiger partial charge on any atom is -0.412 e. The minimum absolute atomic E-state index is 0. The van der Waals surface area contributed by atoms with Gasteiger partial charge < -0.3 is 42.4 Å². The number of aromatic amines is 4. The quantitative estimate of drug-likeness (QED) is 0.0508. The standard InChI is InChI=1S/C16H14N6.C10H8IN5.C6H6BN.C6H3ClIN3.C4H6N2.2H2O/c1-10-7-22(9-20-10)16-13-6-14(21-15(13)18-8-19-16)11-2-4-12(17)5-3-11;1-6-3-16(5-14-6)10-7-2-8(11)15-9(7)12-4-13-10;7-5-1-3-6(8)4-2-5;7-5-3-1-4(8)11-6(3)10-2-9-5;1-4-2-5-3-6-4;;/h2-9H,17H2,1H3,(H,18,19,21);2-5H,1H3,(H,12,13,15);1-4H,8H2;1-2H,(H,9,10,11);2-3H,1H3,(H,5,6);2*1H2. The maximum absolute atomic E-state index is 5.80. The zero-order valence-electron chi connectivity index (χ0n) is 34.8. The van der Waals surface area contributed by atoms with E-state index in [1.54, 1.807) is 62.1 Å². The van der Waals surface area contributed by atoms with Gasteiger partial charge in [-0.15, -0.1) is 0 Å². The molecule has 330 valence electrons. The summed E-state index contributed by atoms with van der Waals surface area (Å²) < 4.78 is 5.87. The number of nitrogen functional groups attached to an aromatic ring is 2. The van der Waals surface area contributed by atoms with Crippen LogP contribution in [-0.4, -0.2) is 92.7 Å². The number of halogens is 3. The largest absolute Gasteiger partial charge is 0.412 e. The Balaban J connectivity index is 0.000000162. The molecule has 11 aromatic rings. The van der Waals surface area contributed by atoms with Crippen molar-refractivity contribution in [3.63, 3.8) is 0 Å². The second-order valence-corrected chi connectivity index (χ2v) is 16.3. The average Bonchev–Trinajstić information content (AvgIpc) is 4.14. The van der Waals surface area contributed by atoms with Gasteiger partial charge >= 0.3 is 0 Å². The Kier molecular flexibility index (Phi) is 17.2. The second-order valence-electron chi connectivity index (χ2n) is 13.6. The van der Waals surface area contributed by atoms with Gasteiger partial charge in [-0.05, 0) is 114 Å². The molecule has 0 fully saturated rings. The van der Waals surface area contributed by atoms with Gasteiger partial charge in [0.1, 0.15) is 61.6 Å². The smallest absolute Gasteiger partial charge is 0.150 e. The first-order chi connectivity index (χ1) is 30.4. The molecule has 9 aromatic heterocycles. The number of hydrogen-bond donors (Lipinski definition) is 6. The number of nitrogens with zero attached hydrogens (tertiary/aromatic N) is 11. The van der Waals surface area contributed by atoms with E-state index in [2.05, 4.69) is 110 Å². The summed E-state index contributed by atoms with van der Waals surface area (Å²) in [5.41, 5.74) is 20.8. The molecule has 65 heavy (non-hydrogen) atoms. The fraction of sp³-hybridized carbons (Fsp3) is 0.0714. The molecule has 9 heterocycles. The number of nitrogens with one attached hydrogen (secondary N) is 4. The van der Waals surface area contributed by atoms with Crippen molar-refractivity contribution in [3.05, 3.63) is 153 Å². The molecule has 11 rings (SSSR count). The predicted octanol–water partition coefficient (Wildman–Crippen LogP) is 6.11. The molecule has 0 aliphatic rings. The highest BCUT2D eigenvalue weighted by Gasteiger charge is 2.12. The summed E-state index contributed by atoms with van der Waals surface area (Å²) in [5.74, 6) is 1.66. The van der Waals surface area contributed by atoms with E-state index in [4.69, 9.17) is 30.9 Å². The number of rotatable bonds is 3. The Morgan fingerprint density at radius 1 is 0.600 bits per heavy atom. The number of nitrogens with two attached hydrogens (primary N) is 2. The number of aryl methyl sites for hydroxylation is 3. The molecule has 0 aliphatic carbocycles. The van der Waals surface area contributed by atoms with E-state index in [0.717, 1.165) is 97.3 Å². The van der Waals surface area contributed by atoms with Crippen LogP contribution in [0.1, 0.15) is 17.1 Å². The number of anilines is 2. The summed E-state index contributed by atoms with van der Waals surface area (Å²) in [4.78, 5) is 49.7. The minimum atomic E-state index is 0. The van der Waals surface area contributed by atoms with Gasteiger partial charge in [0.25, 0.3) is 0 Å². The molecule has 0 spiro atoms. The first kappa shape index (κ1) is 49.3. The normalized spacial score (nSPS) is 10.2. The summed E-state index contributed by atoms with van der Waals surface area (Å²) in [7, 11) is 5.37. The Morgan fingerprint density at radius 2 is 1.08 bits per heavy atom. The maximum atomic E-state index is 5.80. The van der Waals surface area contributed by atoms with Crippen LogP contribution in [0, 0.1) is 28.2 Å². The average molecular weight is 1120 g/mol. The van der Waals surface area contributed by atoms with Crippen LogP contribution in [0.25, 0.3) is 56.0 Å². The van der Waals surface area contributed by atoms with Crippen molar-refractivity contribution in [1.82, 2.24) is 73.9 Å². The van der Waals surface area contributed by atoms with Crippen molar-refractivity contribution in [2.45, 2.75) is 20.8 Å². The molecule has 0 aliphatic heterocycles. The van der Waals surface area contributed by atoms with E-state index in [9.17, 15) is 0 Å². The molecular weight excluding hydrogens is 1070 g/mol. The Bertz CT molecular complexity index is 3180. The molecule has 2 aromatic carbocycles. The van der Waals surface area contributed by atoms with Gasteiger partial charge in [0.05, 0.1) is 41.3 Å². The lowest BCUT2D eigenvalue weighted by atomic mass is 9.96. The lowest BCUT2D eigenvalue weighted by Crippen LogP contribution is -1.99. The van der Waals surface area contributed by atoms with Crippen LogP contribution in [0.3, 0.4) is 0 Å². The fourth-order valence-electron chi connectivity index (χ4n) is 5.82. The third kappa shape index (κ3) is 12.9. The molecule has 2 radical (unpaired) electrons. The van der Waals surface area contributed by atoms with Crippen molar-refractivity contribution in [2.75, 3.05) is 11.5 Å². The lowest BCUT2D eigenvalue weighted by molar-refractivity contribution is 0.823. The molecule has 0 saturated heterocycles. The maximum Gasteiger partial charge on any atom is 0.150 e. The van der Waals surface area contributed by atoms with E-state index in [1.807, 2.05) is 84.8 Å². The Labute approximate surface area is 404 Å². The first-order valence-corrected chi connectivity index (χ1v) is 21.3. The number of imidazole rings is 3. The second kappa shape index (κ2) is 22.8. The summed E-state index contributed by atoms with van der Waals surface area (Å²) in [6.45, 7) is 5.87. The van der Waals surface area contributed by atoms with Gasteiger partial charge in [-0.2, -0.15) is 0 Å². The van der Waals surface area contributed by atoms with Crippen LogP contribution < -0.4 is 16.9 Å². The fourth-order valence-corrected chi connectivity index (χ4v) is 7.15. The van der Waals surface area contributed by atoms with E-state index in [-0.39, 0.29) is 11.0 Å². The summed E-state index contributed by atoms with van der Waals surface area (Å²) >= 11 is 10.2. The molecule has 0 atom stereocenters. The van der Waals surface area contributed by atoms with Crippen LogP contribution in [0.2, 0.25) is 5.15 Å². The van der Waals surface area contributed by atoms with Gasteiger partial charge in [-0.25, -0.2) is 44.9 Å².